The molecule has 1 rings (SSSR count). The van der Waals surface area contributed by atoms with Crippen LogP contribution in [0.1, 0.15) is 10.5 Å². The summed E-state index contributed by atoms with van der Waals surface area (Å²) in [7, 11) is 6.63. The molecule has 0 aromatic carbocycles. The highest BCUT2D eigenvalue weighted by molar-refractivity contribution is 6.37. The van der Waals surface area contributed by atoms with Gasteiger partial charge in [-0.05, 0) is 11.7 Å². The van der Waals surface area contributed by atoms with Crippen molar-refractivity contribution >= 4 is 27.1 Å². The zero-order valence-corrected chi connectivity index (χ0v) is 6.32. The summed E-state index contributed by atoms with van der Waals surface area (Å²) >= 11 is 0. The highest BCUT2D eigenvalue weighted by Crippen LogP contribution is 1.93. The summed E-state index contributed by atoms with van der Waals surface area (Å²) in [6, 6.07) is 1.22. The van der Waals surface area contributed by atoms with E-state index in [0.717, 1.165) is 4.59 Å². The Balaban J connectivity index is 2.96. The number of aromatic nitrogens is 2. The van der Waals surface area contributed by atoms with E-state index in [1.54, 1.807) is 0 Å². The van der Waals surface area contributed by atoms with E-state index in [1.165, 1.54) is 13.2 Å². The number of hydrogen-bond donors (Lipinski definition) is 0. The maximum absolute atomic E-state index is 11.9. The van der Waals surface area contributed by atoms with Gasteiger partial charge in [0.2, 0.25) is 0 Å². The lowest BCUT2D eigenvalue weighted by Gasteiger charge is -1.92. The molecule has 0 saturated carbocycles. The number of carbonyl (C=O) groups excluding carboxylic acids is 1. The third-order valence-corrected chi connectivity index (χ3v) is 1.25. The molecule has 0 bridgehead atoms. The number of methoxy groups -OCH3 is 1. The number of nitrogens with zero attached hydrogens (tertiary/aromatic N) is 2. The van der Waals surface area contributed by atoms with Crippen LogP contribution in [-0.4, -0.2) is 38.3 Å². The van der Waals surface area contributed by atoms with Gasteiger partial charge in [-0.2, -0.15) is 5.10 Å². The topological polar surface area (TPSA) is 44.1 Å². The van der Waals surface area contributed by atoms with Crippen molar-refractivity contribution in [1.29, 1.82) is 0 Å². The van der Waals surface area contributed by atoms with Crippen LogP contribution in [0.25, 0.3) is 0 Å². The molecule has 1 aromatic heterocycles. The molecule has 1 heterocycles. The molecule has 7 heteroatoms. The van der Waals surface area contributed by atoms with Crippen LogP contribution in [0.15, 0.2) is 6.07 Å². The van der Waals surface area contributed by atoms with Gasteiger partial charge in [0.15, 0.2) is 5.69 Å². The number of halogens is 1. The molecule has 0 atom stereocenters. The molecule has 0 aliphatic carbocycles. The van der Waals surface area contributed by atoms with E-state index < -0.39 is 5.97 Å². The lowest BCUT2D eigenvalue weighted by Crippen LogP contribution is -2.20. The van der Waals surface area contributed by atoms with Crippen LogP contribution in [0, 0.1) is 0 Å². The number of ether oxygens (including phenoxy) is 1. The minimum Gasteiger partial charge on any atom is -0.464 e. The quantitative estimate of drug-likeness (QED) is 0.408. The van der Waals surface area contributed by atoms with Crippen molar-refractivity contribution in [2.24, 2.45) is 0 Å². The Hall–Kier alpha value is -1.26. The highest BCUT2D eigenvalue weighted by Gasteiger charge is 2.12. The molecule has 0 saturated heterocycles. The normalized spacial score (nSPS) is 9.50. The Labute approximate surface area is 70.4 Å². The van der Waals surface area contributed by atoms with Gasteiger partial charge in [0, 0.05) is 0 Å². The Morgan fingerprint density at radius 1 is 1.92 bits per heavy atom. The van der Waals surface area contributed by atoms with Gasteiger partial charge in [-0.25, -0.2) is 4.79 Å². The molecule has 0 spiro atoms. The first-order chi connectivity index (χ1) is 5.69. The molecular formula is C5H4B2FN2O2. The molecule has 0 aliphatic heterocycles. The summed E-state index contributed by atoms with van der Waals surface area (Å²) in [6.07, 6.45) is 0. The predicted octanol–water partition coefficient (Wildman–Crippen LogP) is -1.18. The summed E-state index contributed by atoms with van der Waals surface area (Å²) in [5.41, 5.74) is 0.0156. The van der Waals surface area contributed by atoms with Gasteiger partial charge >= 0.3 is 13.7 Å². The van der Waals surface area contributed by atoms with E-state index in [1.807, 2.05) is 0 Å². The van der Waals surface area contributed by atoms with Crippen molar-refractivity contribution in [3.05, 3.63) is 11.8 Å². The third kappa shape index (κ3) is 1.49. The molecule has 0 aliphatic rings. The van der Waals surface area contributed by atoms with Gasteiger partial charge in [-0.1, -0.05) is 0 Å². The van der Waals surface area contributed by atoms with Gasteiger partial charge in [-0.15, -0.1) is 0 Å². The van der Waals surface area contributed by atoms with Gasteiger partial charge in [-0.3, -0.25) is 4.59 Å². The number of carbonyl (C=O) groups is 1. The molecule has 0 unspecified atom stereocenters. The summed E-state index contributed by atoms with van der Waals surface area (Å²) in [6.45, 7) is 0. The molecule has 0 fully saturated rings. The Kier molecular flexibility index (Phi) is 2.52. The molecule has 3 radical (unpaired) electrons. The fourth-order valence-electron chi connectivity index (χ4n) is 0.691. The van der Waals surface area contributed by atoms with E-state index in [0.29, 0.717) is 0 Å². The molecular weight excluding hydrogens is 161 g/mol. The summed E-state index contributed by atoms with van der Waals surface area (Å²) in [4.78, 5) is 10.8. The van der Waals surface area contributed by atoms with E-state index >= 15 is 0 Å². The zero-order valence-electron chi connectivity index (χ0n) is 6.32. The Bertz CT molecular complexity index is 302. The number of hydrogen-bond acceptors (Lipinski definition) is 3. The van der Waals surface area contributed by atoms with Gasteiger partial charge in [0.05, 0.1) is 7.11 Å². The smallest absolute Gasteiger partial charge is 0.464 e. The first-order valence-electron chi connectivity index (χ1n) is 3.06. The second-order valence-corrected chi connectivity index (χ2v) is 1.99. The fraction of sp³-hybridized carbons (Fsp3) is 0.200. The average Bonchev–Trinajstić information content (AvgIpc) is 2.45. The number of esters is 1. The van der Waals surface area contributed by atoms with Crippen molar-refractivity contribution in [2.45, 2.75) is 0 Å². The Morgan fingerprint density at radius 3 is 3.00 bits per heavy atom. The first kappa shape index (κ1) is 8.83. The maximum atomic E-state index is 11.9. The van der Waals surface area contributed by atoms with Crippen LogP contribution in [0.4, 0.5) is 4.32 Å². The monoisotopic (exact) mass is 165 g/mol. The van der Waals surface area contributed by atoms with Crippen molar-refractivity contribution in [3.8, 4) is 0 Å². The first-order valence-corrected chi connectivity index (χ1v) is 3.06. The van der Waals surface area contributed by atoms with Crippen molar-refractivity contribution in [2.75, 3.05) is 7.11 Å². The molecule has 12 heavy (non-hydrogen) atoms. The second-order valence-electron chi connectivity index (χ2n) is 1.99. The average molecular weight is 165 g/mol. The lowest BCUT2D eigenvalue weighted by atomic mass is 10.0. The minimum absolute atomic E-state index is 0.0242. The van der Waals surface area contributed by atoms with Gasteiger partial charge in [0.1, 0.15) is 7.85 Å². The fourth-order valence-corrected chi connectivity index (χ4v) is 0.691. The minimum atomic E-state index is -0.651. The molecule has 1 aromatic rings. The third-order valence-electron chi connectivity index (χ3n) is 1.25. The van der Waals surface area contributed by atoms with E-state index in [2.05, 4.69) is 9.84 Å². The number of rotatable bonds is 2. The standard InChI is InChI=1S/C5H4B2FN2O2/c1-12-5(11)3-2-4(6)10(7-8)9-3/h2H,1H3. The van der Waals surface area contributed by atoms with Gasteiger partial charge < -0.3 is 9.05 Å². The molecule has 59 valence electrons. The van der Waals surface area contributed by atoms with E-state index in [9.17, 15) is 9.11 Å². The largest absolute Gasteiger partial charge is 0.511 e. The van der Waals surface area contributed by atoms with Crippen LogP contribution in [0.5, 0.6) is 0 Å². The van der Waals surface area contributed by atoms with E-state index in [-0.39, 0.29) is 19.0 Å². The predicted molar refractivity (Wildman–Crippen MR) is 41.2 cm³/mol. The second kappa shape index (κ2) is 3.42. The van der Waals surface area contributed by atoms with E-state index in [4.69, 9.17) is 7.85 Å². The van der Waals surface area contributed by atoms with Crippen molar-refractivity contribution in [3.63, 3.8) is 0 Å². The van der Waals surface area contributed by atoms with Crippen LogP contribution in [0.2, 0.25) is 0 Å². The Morgan fingerprint density at radius 2 is 2.58 bits per heavy atom. The SMILES string of the molecule is [B]c1cc(C(=O)OC)nn1[B]F. The summed E-state index contributed by atoms with van der Waals surface area (Å²) in [5, 5.41) is 3.49. The lowest BCUT2D eigenvalue weighted by molar-refractivity contribution is 0.0593. The van der Waals surface area contributed by atoms with Crippen LogP contribution >= 0.6 is 0 Å². The summed E-state index contributed by atoms with van der Waals surface area (Å²) < 4.78 is 17.0. The van der Waals surface area contributed by atoms with Crippen LogP contribution in [0.3, 0.4) is 0 Å². The van der Waals surface area contributed by atoms with Crippen molar-refractivity contribution < 1.29 is 13.8 Å². The van der Waals surface area contributed by atoms with Gasteiger partial charge in [0.25, 0.3) is 0 Å². The van der Waals surface area contributed by atoms with Crippen molar-refractivity contribution in [1.82, 2.24) is 9.69 Å². The van der Waals surface area contributed by atoms with Crippen LogP contribution < -0.4 is 5.59 Å². The zero-order chi connectivity index (χ0) is 9.14. The molecule has 0 amide bonds. The maximum Gasteiger partial charge on any atom is 0.511 e. The molecule has 0 N–H and O–H groups in total. The summed E-state index contributed by atoms with van der Waals surface area (Å²) in [5.74, 6) is -0.651. The van der Waals surface area contributed by atoms with Crippen LogP contribution in [-0.2, 0) is 4.74 Å². The molecule has 4 nitrogen and oxygen atoms in total. The highest BCUT2D eigenvalue weighted by atomic mass is 19.1.